The number of hydrogen-bond donors (Lipinski definition) is 1. The van der Waals surface area contributed by atoms with E-state index in [0.29, 0.717) is 6.61 Å². The molecule has 1 aliphatic rings. The maximum atomic E-state index is 5.30. The molecule has 1 unspecified atom stereocenters. The third-order valence-corrected chi connectivity index (χ3v) is 3.78. The molecule has 1 aliphatic heterocycles. The lowest BCUT2D eigenvalue weighted by Crippen LogP contribution is -2.27. The number of methoxy groups -OCH3 is 1. The van der Waals surface area contributed by atoms with Crippen molar-refractivity contribution in [2.24, 2.45) is 5.92 Å². The second kappa shape index (κ2) is 7.51. The molecule has 0 amide bonds. The Hall–Kier alpha value is -1.06. The van der Waals surface area contributed by atoms with Crippen molar-refractivity contribution in [3.63, 3.8) is 0 Å². The van der Waals surface area contributed by atoms with Gasteiger partial charge in [0.1, 0.15) is 0 Å². The lowest BCUT2D eigenvalue weighted by Gasteiger charge is -2.22. The molecule has 1 heterocycles. The number of benzene rings is 1. The number of nitrogens with one attached hydrogen (secondary N) is 1. The van der Waals surface area contributed by atoms with E-state index in [1.807, 2.05) is 0 Å². The largest absolute Gasteiger partial charge is 0.380 e. The van der Waals surface area contributed by atoms with Gasteiger partial charge in [-0.2, -0.15) is 0 Å². The van der Waals surface area contributed by atoms with Crippen LogP contribution in [0, 0.1) is 5.92 Å². The first-order valence-electron chi connectivity index (χ1n) is 7.37. The summed E-state index contributed by atoms with van der Waals surface area (Å²) in [6.45, 7) is 7.53. The monoisotopic (exact) mass is 262 g/mol. The van der Waals surface area contributed by atoms with Crippen LogP contribution in [0.5, 0.6) is 0 Å². The molecule has 0 aliphatic carbocycles. The van der Waals surface area contributed by atoms with Gasteiger partial charge in [0.05, 0.1) is 6.61 Å². The first-order chi connectivity index (χ1) is 9.35. The molecule has 1 aromatic rings. The Bertz CT molecular complexity index is 381. The predicted molar refractivity (Wildman–Crippen MR) is 80.6 cm³/mol. The molecule has 1 atom stereocenters. The number of anilines is 1. The van der Waals surface area contributed by atoms with E-state index in [2.05, 4.69) is 41.4 Å². The summed E-state index contributed by atoms with van der Waals surface area (Å²) in [5.41, 5.74) is 2.65. The Kier molecular flexibility index (Phi) is 5.67. The van der Waals surface area contributed by atoms with Gasteiger partial charge < -0.3 is 15.0 Å². The number of nitrogens with zero attached hydrogens (tertiary/aromatic N) is 1. The van der Waals surface area contributed by atoms with Crippen LogP contribution >= 0.6 is 0 Å². The highest BCUT2D eigenvalue weighted by Gasteiger charge is 2.23. The Morgan fingerprint density at radius 2 is 2.21 bits per heavy atom. The zero-order chi connectivity index (χ0) is 13.5. The average Bonchev–Trinajstić information content (AvgIpc) is 2.89. The van der Waals surface area contributed by atoms with Gasteiger partial charge in [0, 0.05) is 31.5 Å². The van der Waals surface area contributed by atoms with Crippen molar-refractivity contribution in [2.45, 2.75) is 26.4 Å². The van der Waals surface area contributed by atoms with Crippen LogP contribution in [0.1, 0.15) is 25.3 Å². The molecule has 1 N–H and O–H groups in total. The van der Waals surface area contributed by atoms with Gasteiger partial charge in [0.15, 0.2) is 0 Å². The summed E-state index contributed by atoms with van der Waals surface area (Å²) in [5, 5.41) is 3.54. The van der Waals surface area contributed by atoms with E-state index in [-0.39, 0.29) is 0 Å². The van der Waals surface area contributed by atoms with Crippen molar-refractivity contribution in [3.05, 3.63) is 29.8 Å². The second-order valence-corrected chi connectivity index (χ2v) is 5.37. The summed E-state index contributed by atoms with van der Waals surface area (Å²) in [7, 11) is 1.76. The van der Waals surface area contributed by atoms with Crippen molar-refractivity contribution in [2.75, 3.05) is 38.2 Å². The van der Waals surface area contributed by atoms with E-state index >= 15 is 0 Å². The van der Waals surface area contributed by atoms with Crippen molar-refractivity contribution >= 4 is 5.69 Å². The second-order valence-electron chi connectivity index (χ2n) is 5.37. The maximum absolute atomic E-state index is 5.30. The van der Waals surface area contributed by atoms with Crippen LogP contribution in [-0.4, -0.2) is 33.3 Å². The molecule has 0 spiro atoms. The Balaban J connectivity index is 1.93. The fraction of sp³-hybridized carbons (Fsp3) is 0.625. The standard InChI is InChI=1S/C16H26N2O/c1-3-9-17-11-14-8-10-18(12-14)16-7-5-4-6-15(16)13-19-2/h4-7,14,17H,3,8-13H2,1-2H3. The normalized spacial score (nSPS) is 19.1. The summed E-state index contributed by atoms with van der Waals surface area (Å²) in [4.78, 5) is 2.51. The average molecular weight is 262 g/mol. The number of para-hydroxylation sites is 1. The van der Waals surface area contributed by atoms with E-state index in [4.69, 9.17) is 4.74 Å². The molecular weight excluding hydrogens is 236 g/mol. The molecule has 3 nitrogen and oxygen atoms in total. The van der Waals surface area contributed by atoms with Crippen molar-refractivity contribution in [1.82, 2.24) is 5.32 Å². The molecule has 0 aromatic heterocycles. The molecule has 0 radical (unpaired) electrons. The van der Waals surface area contributed by atoms with Gasteiger partial charge >= 0.3 is 0 Å². The highest BCUT2D eigenvalue weighted by molar-refractivity contribution is 5.54. The van der Waals surface area contributed by atoms with Gasteiger partial charge in [0.25, 0.3) is 0 Å². The van der Waals surface area contributed by atoms with Crippen LogP contribution in [0.25, 0.3) is 0 Å². The Morgan fingerprint density at radius 3 is 3.00 bits per heavy atom. The minimum absolute atomic E-state index is 0.700. The van der Waals surface area contributed by atoms with Crippen LogP contribution in [0.4, 0.5) is 5.69 Å². The number of hydrogen-bond acceptors (Lipinski definition) is 3. The third kappa shape index (κ3) is 3.95. The molecule has 1 saturated heterocycles. The first kappa shape index (κ1) is 14.4. The van der Waals surface area contributed by atoms with Crippen molar-refractivity contribution < 1.29 is 4.74 Å². The molecule has 19 heavy (non-hydrogen) atoms. The van der Waals surface area contributed by atoms with Crippen molar-refractivity contribution in [3.8, 4) is 0 Å². The summed E-state index contributed by atoms with van der Waals surface area (Å²) in [6, 6.07) is 8.60. The summed E-state index contributed by atoms with van der Waals surface area (Å²) in [6.07, 6.45) is 2.51. The Morgan fingerprint density at radius 1 is 1.37 bits per heavy atom. The third-order valence-electron chi connectivity index (χ3n) is 3.78. The highest BCUT2D eigenvalue weighted by atomic mass is 16.5. The lowest BCUT2D eigenvalue weighted by molar-refractivity contribution is 0.185. The molecule has 1 aromatic carbocycles. The lowest BCUT2D eigenvalue weighted by atomic mass is 10.1. The van der Waals surface area contributed by atoms with E-state index in [1.54, 1.807) is 7.11 Å². The number of rotatable bonds is 7. The highest BCUT2D eigenvalue weighted by Crippen LogP contribution is 2.27. The van der Waals surface area contributed by atoms with Gasteiger partial charge in [-0.25, -0.2) is 0 Å². The first-order valence-corrected chi connectivity index (χ1v) is 7.37. The summed E-state index contributed by atoms with van der Waals surface area (Å²) >= 11 is 0. The summed E-state index contributed by atoms with van der Waals surface area (Å²) in [5.74, 6) is 0.780. The van der Waals surface area contributed by atoms with Gasteiger partial charge in [-0.3, -0.25) is 0 Å². The quantitative estimate of drug-likeness (QED) is 0.765. The fourth-order valence-electron chi connectivity index (χ4n) is 2.80. The predicted octanol–water partition coefficient (Wildman–Crippen LogP) is 2.66. The van der Waals surface area contributed by atoms with Crippen LogP contribution < -0.4 is 10.2 Å². The van der Waals surface area contributed by atoms with Gasteiger partial charge in [-0.1, -0.05) is 25.1 Å². The SMILES string of the molecule is CCCNCC1CCN(c2ccccc2COC)C1. The molecule has 0 saturated carbocycles. The zero-order valence-electron chi connectivity index (χ0n) is 12.2. The molecule has 3 heteroatoms. The summed E-state index contributed by atoms with van der Waals surface area (Å²) < 4.78 is 5.30. The molecular formula is C16H26N2O. The van der Waals surface area contributed by atoms with Crippen LogP contribution in [-0.2, 0) is 11.3 Å². The topological polar surface area (TPSA) is 24.5 Å². The minimum atomic E-state index is 0.700. The van der Waals surface area contributed by atoms with Crippen molar-refractivity contribution in [1.29, 1.82) is 0 Å². The molecule has 1 fully saturated rings. The van der Waals surface area contributed by atoms with Gasteiger partial charge in [0.2, 0.25) is 0 Å². The fourth-order valence-corrected chi connectivity index (χ4v) is 2.80. The molecule has 0 bridgehead atoms. The molecule has 106 valence electrons. The Labute approximate surface area is 116 Å². The van der Waals surface area contributed by atoms with E-state index in [9.17, 15) is 0 Å². The van der Waals surface area contributed by atoms with E-state index in [0.717, 1.165) is 25.6 Å². The van der Waals surface area contributed by atoms with E-state index < -0.39 is 0 Å². The van der Waals surface area contributed by atoms with Gasteiger partial charge in [-0.05, 0) is 37.9 Å². The van der Waals surface area contributed by atoms with Gasteiger partial charge in [-0.15, -0.1) is 0 Å². The minimum Gasteiger partial charge on any atom is -0.380 e. The zero-order valence-corrected chi connectivity index (χ0v) is 12.2. The smallest absolute Gasteiger partial charge is 0.0733 e. The van der Waals surface area contributed by atoms with Crippen LogP contribution in [0.2, 0.25) is 0 Å². The molecule has 2 rings (SSSR count). The maximum Gasteiger partial charge on any atom is 0.0733 e. The van der Waals surface area contributed by atoms with Crippen LogP contribution in [0.15, 0.2) is 24.3 Å². The van der Waals surface area contributed by atoms with Crippen LogP contribution in [0.3, 0.4) is 0 Å². The van der Waals surface area contributed by atoms with E-state index in [1.165, 1.54) is 30.6 Å². The number of ether oxygens (including phenoxy) is 1.